The van der Waals surface area contributed by atoms with Crippen LogP contribution in [-0.4, -0.2) is 16.8 Å². The van der Waals surface area contributed by atoms with Crippen molar-refractivity contribution in [2.45, 2.75) is 32.6 Å². The van der Waals surface area contributed by atoms with Crippen molar-refractivity contribution in [1.82, 2.24) is 0 Å². The zero-order valence-corrected chi connectivity index (χ0v) is 8.27. The number of rotatable bonds is 7. The molecule has 1 N–H and O–H groups in total. The minimum Gasteiger partial charge on any atom is -0.478 e. The van der Waals surface area contributed by atoms with Gasteiger partial charge in [-0.25, -0.2) is 4.79 Å². The normalized spacial score (nSPS) is 10.8. The van der Waals surface area contributed by atoms with Gasteiger partial charge < -0.3 is 5.11 Å². The van der Waals surface area contributed by atoms with E-state index in [-0.39, 0.29) is 0 Å². The molecule has 0 rings (SSSR count). The highest BCUT2D eigenvalue weighted by molar-refractivity contribution is 8.02. The van der Waals surface area contributed by atoms with Crippen molar-refractivity contribution >= 4 is 17.7 Å². The van der Waals surface area contributed by atoms with E-state index >= 15 is 0 Å². The molecule has 12 heavy (non-hydrogen) atoms. The Morgan fingerprint density at radius 1 is 1.42 bits per heavy atom. The van der Waals surface area contributed by atoms with Gasteiger partial charge in [-0.1, -0.05) is 26.2 Å². The van der Waals surface area contributed by atoms with Gasteiger partial charge in [0.25, 0.3) is 0 Å². The Balaban J connectivity index is 3.05. The van der Waals surface area contributed by atoms with Crippen LogP contribution in [0.4, 0.5) is 0 Å². The smallest absolute Gasteiger partial charge is 0.328 e. The topological polar surface area (TPSA) is 37.3 Å². The van der Waals surface area contributed by atoms with Gasteiger partial charge in [-0.3, -0.25) is 0 Å². The second kappa shape index (κ2) is 8.65. The quantitative estimate of drug-likeness (QED) is 0.493. The number of unbranched alkanes of at least 4 members (excludes halogenated alkanes) is 3. The average molecular weight is 188 g/mol. The van der Waals surface area contributed by atoms with Gasteiger partial charge >= 0.3 is 5.97 Å². The van der Waals surface area contributed by atoms with Crippen LogP contribution in [0.3, 0.4) is 0 Å². The van der Waals surface area contributed by atoms with E-state index in [0.29, 0.717) is 0 Å². The lowest BCUT2D eigenvalue weighted by Gasteiger charge is -1.95. The Labute approximate surface area is 78.0 Å². The second-order valence-corrected chi connectivity index (χ2v) is 3.59. The van der Waals surface area contributed by atoms with Gasteiger partial charge in [0.05, 0.1) is 0 Å². The van der Waals surface area contributed by atoms with E-state index in [2.05, 4.69) is 6.92 Å². The molecule has 0 amide bonds. The van der Waals surface area contributed by atoms with Crippen LogP contribution in [0.2, 0.25) is 0 Å². The van der Waals surface area contributed by atoms with Crippen molar-refractivity contribution in [1.29, 1.82) is 0 Å². The van der Waals surface area contributed by atoms with E-state index in [9.17, 15) is 4.79 Å². The van der Waals surface area contributed by atoms with Gasteiger partial charge in [0.1, 0.15) is 0 Å². The molecule has 0 spiro atoms. The van der Waals surface area contributed by atoms with E-state index in [1.165, 1.54) is 31.8 Å². The molecule has 0 atom stereocenters. The van der Waals surface area contributed by atoms with Crippen LogP contribution in [0.1, 0.15) is 32.6 Å². The summed E-state index contributed by atoms with van der Waals surface area (Å²) in [5.74, 6) is 0.167. The van der Waals surface area contributed by atoms with Gasteiger partial charge in [-0.15, -0.1) is 11.8 Å². The first kappa shape index (κ1) is 11.6. The summed E-state index contributed by atoms with van der Waals surface area (Å²) < 4.78 is 0. The summed E-state index contributed by atoms with van der Waals surface area (Å²) in [6.07, 6.45) is 6.15. The molecule has 0 aliphatic heterocycles. The summed E-state index contributed by atoms with van der Waals surface area (Å²) >= 11 is 1.57. The third kappa shape index (κ3) is 9.56. The summed E-state index contributed by atoms with van der Waals surface area (Å²) in [5.41, 5.74) is 0. The number of carbonyl (C=O) groups is 1. The molecule has 0 heterocycles. The largest absolute Gasteiger partial charge is 0.478 e. The molecule has 0 fully saturated rings. The van der Waals surface area contributed by atoms with Crippen molar-refractivity contribution in [3.63, 3.8) is 0 Å². The highest BCUT2D eigenvalue weighted by Crippen LogP contribution is 2.08. The minimum atomic E-state index is -0.865. The second-order valence-electron chi connectivity index (χ2n) is 2.57. The van der Waals surface area contributed by atoms with E-state index in [1.54, 1.807) is 17.2 Å². The summed E-state index contributed by atoms with van der Waals surface area (Å²) in [6.45, 7) is 2.18. The SMILES string of the molecule is CCCCCCS/C=C/C(=O)O. The summed E-state index contributed by atoms with van der Waals surface area (Å²) in [5, 5.41) is 9.90. The number of carboxylic acids is 1. The molecular formula is C9H16O2S. The van der Waals surface area contributed by atoms with Crippen LogP contribution in [0.5, 0.6) is 0 Å². The Morgan fingerprint density at radius 3 is 2.75 bits per heavy atom. The van der Waals surface area contributed by atoms with Gasteiger partial charge in [-0.2, -0.15) is 0 Å². The number of hydrogen-bond donors (Lipinski definition) is 1. The van der Waals surface area contributed by atoms with Crippen molar-refractivity contribution in [3.8, 4) is 0 Å². The average Bonchev–Trinajstić information content (AvgIpc) is 2.02. The van der Waals surface area contributed by atoms with Crippen LogP contribution >= 0.6 is 11.8 Å². The predicted octanol–water partition coefficient (Wildman–Crippen LogP) is 2.90. The number of hydrogen-bond acceptors (Lipinski definition) is 2. The molecule has 0 unspecified atom stereocenters. The molecule has 0 aromatic heterocycles. The van der Waals surface area contributed by atoms with Crippen molar-refractivity contribution in [2.24, 2.45) is 0 Å². The fourth-order valence-corrected chi connectivity index (χ4v) is 1.51. The maximum Gasteiger partial charge on any atom is 0.328 e. The number of carboxylic acid groups (broad SMARTS) is 1. The minimum absolute atomic E-state index is 0.865. The lowest BCUT2D eigenvalue weighted by molar-refractivity contribution is -0.131. The molecule has 0 radical (unpaired) electrons. The standard InChI is InChI=1S/C9H16O2S/c1-2-3-4-5-7-12-8-6-9(10)11/h6,8H,2-5,7H2,1H3,(H,10,11)/b8-6+. The molecule has 0 saturated heterocycles. The molecule has 2 nitrogen and oxygen atoms in total. The number of aliphatic carboxylic acids is 1. The van der Waals surface area contributed by atoms with Gasteiger partial charge in [0.15, 0.2) is 0 Å². The highest BCUT2D eigenvalue weighted by atomic mass is 32.2. The van der Waals surface area contributed by atoms with E-state index < -0.39 is 5.97 Å². The summed E-state index contributed by atoms with van der Waals surface area (Å²) in [7, 11) is 0. The zero-order chi connectivity index (χ0) is 9.23. The molecule has 0 bridgehead atoms. The van der Waals surface area contributed by atoms with Crippen molar-refractivity contribution < 1.29 is 9.90 Å². The van der Waals surface area contributed by atoms with Gasteiger partial charge in [0.2, 0.25) is 0 Å². The van der Waals surface area contributed by atoms with E-state index in [1.807, 2.05) is 0 Å². The molecule has 3 heteroatoms. The maximum absolute atomic E-state index is 10.0. The lowest BCUT2D eigenvalue weighted by atomic mass is 10.2. The highest BCUT2D eigenvalue weighted by Gasteiger charge is 1.88. The lowest BCUT2D eigenvalue weighted by Crippen LogP contribution is -1.85. The molecular weight excluding hydrogens is 172 g/mol. The maximum atomic E-state index is 10.0. The third-order valence-electron chi connectivity index (χ3n) is 1.42. The first-order valence-electron chi connectivity index (χ1n) is 4.28. The van der Waals surface area contributed by atoms with Crippen molar-refractivity contribution in [2.75, 3.05) is 5.75 Å². The summed E-state index contributed by atoms with van der Waals surface area (Å²) in [4.78, 5) is 10.0. The molecule has 0 aliphatic carbocycles. The van der Waals surface area contributed by atoms with E-state index in [0.717, 1.165) is 5.75 Å². The molecule has 0 aliphatic rings. The van der Waals surface area contributed by atoms with Crippen LogP contribution in [0, 0.1) is 0 Å². The Hall–Kier alpha value is -0.440. The number of thioether (sulfide) groups is 1. The van der Waals surface area contributed by atoms with Gasteiger partial charge in [0, 0.05) is 6.08 Å². The third-order valence-corrected chi connectivity index (χ3v) is 2.28. The van der Waals surface area contributed by atoms with Crippen LogP contribution in [-0.2, 0) is 4.79 Å². The molecule has 0 aromatic carbocycles. The first-order chi connectivity index (χ1) is 5.77. The van der Waals surface area contributed by atoms with Crippen LogP contribution < -0.4 is 0 Å². The monoisotopic (exact) mass is 188 g/mol. The Bertz CT molecular complexity index is 143. The van der Waals surface area contributed by atoms with Crippen LogP contribution in [0.25, 0.3) is 0 Å². The van der Waals surface area contributed by atoms with E-state index in [4.69, 9.17) is 5.11 Å². The first-order valence-corrected chi connectivity index (χ1v) is 5.33. The molecule has 0 saturated carbocycles. The fraction of sp³-hybridized carbons (Fsp3) is 0.667. The molecule has 0 aromatic rings. The van der Waals surface area contributed by atoms with Crippen molar-refractivity contribution in [3.05, 3.63) is 11.5 Å². The summed E-state index contributed by atoms with van der Waals surface area (Å²) in [6, 6.07) is 0. The fourth-order valence-electron chi connectivity index (χ4n) is 0.787. The Morgan fingerprint density at radius 2 is 2.17 bits per heavy atom. The van der Waals surface area contributed by atoms with Crippen LogP contribution in [0.15, 0.2) is 11.5 Å². The zero-order valence-electron chi connectivity index (χ0n) is 7.45. The van der Waals surface area contributed by atoms with Gasteiger partial charge in [-0.05, 0) is 17.6 Å². The Kier molecular flexibility index (Phi) is 8.34. The molecule has 70 valence electrons. The predicted molar refractivity (Wildman–Crippen MR) is 53.4 cm³/mol.